The molecule has 1 aliphatic rings. The zero-order valence-corrected chi connectivity index (χ0v) is 15.0. The number of halogens is 2. The number of esters is 1. The van der Waals surface area contributed by atoms with Crippen LogP contribution in [0, 0.1) is 5.82 Å². The van der Waals surface area contributed by atoms with Gasteiger partial charge in [-0.15, -0.1) is 0 Å². The van der Waals surface area contributed by atoms with E-state index in [4.69, 9.17) is 16.0 Å². The van der Waals surface area contributed by atoms with E-state index in [1.54, 1.807) is 12.1 Å². The standard InChI is InChI=1S/C17H12ClFN2O4S/c1-24-15(22)8-14-16(23)21(9-11-3-2-6-25-11)17(26-14)20-10-4-5-13(19)12(18)7-10/h2-8H,9H2,1H3/b14-8+,20-17?. The van der Waals surface area contributed by atoms with Crippen LogP contribution < -0.4 is 0 Å². The molecule has 26 heavy (non-hydrogen) atoms. The number of ether oxygens (including phenoxy) is 1. The molecule has 0 aliphatic carbocycles. The Morgan fingerprint density at radius 1 is 1.46 bits per heavy atom. The lowest BCUT2D eigenvalue weighted by Crippen LogP contribution is -2.28. The topological polar surface area (TPSA) is 72.1 Å². The van der Waals surface area contributed by atoms with Crippen LogP contribution in [0.5, 0.6) is 0 Å². The molecule has 0 N–H and O–H groups in total. The van der Waals surface area contributed by atoms with Crippen LogP contribution in [0.3, 0.4) is 0 Å². The van der Waals surface area contributed by atoms with Crippen LogP contribution in [0.2, 0.25) is 5.02 Å². The number of carbonyl (C=O) groups excluding carboxylic acids is 2. The summed E-state index contributed by atoms with van der Waals surface area (Å²) >= 11 is 6.78. The molecular formula is C17H12ClFN2O4S. The average molecular weight is 395 g/mol. The number of furan rings is 1. The number of hydrogen-bond donors (Lipinski definition) is 0. The summed E-state index contributed by atoms with van der Waals surface area (Å²) in [7, 11) is 1.22. The zero-order chi connectivity index (χ0) is 18.7. The molecule has 1 fully saturated rings. The van der Waals surface area contributed by atoms with Crippen LogP contribution in [0.4, 0.5) is 10.1 Å². The molecule has 1 amide bonds. The molecule has 2 aromatic rings. The fourth-order valence-corrected chi connectivity index (χ4v) is 3.25. The largest absolute Gasteiger partial charge is 0.467 e. The lowest BCUT2D eigenvalue weighted by atomic mass is 10.3. The second-order valence-corrected chi connectivity index (χ2v) is 6.51. The minimum atomic E-state index is -0.648. The lowest BCUT2D eigenvalue weighted by Gasteiger charge is -2.13. The highest BCUT2D eigenvalue weighted by Gasteiger charge is 2.34. The second kappa shape index (κ2) is 7.76. The van der Waals surface area contributed by atoms with E-state index >= 15 is 0 Å². The van der Waals surface area contributed by atoms with Crippen molar-refractivity contribution in [3.8, 4) is 0 Å². The number of rotatable bonds is 4. The van der Waals surface area contributed by atoms with Crippen molar-refractivity contribution in [2.45, 2.75) is 6.54 Å². The van der Waals surface area contributed by atoms with E-state index in [0.29, 0.717) is 16.6 Å². The molecule has 0 unspecified atom stereocenters. The van der Waals surface area contributed by atoms with E-state index in [0.717, 1.165) is 17.8 Å². The van der Waals surface area contributed by atoms with Crippen LogP contribution in [0.1, 0.15) is 5.76 Å². The Labute approximate surface area is 157 Å². The molecule has 0 radical (unpaired) electrons. The van der Waals surface area contributed by atoms with E-state index in [-0.39, 0.29) is 16.5 Å². The van der Waals surface area contributed by atoms with Gasteiger partial charge >= 0.3 is 5.97 Å². The molecule has 1 saturated heterocycles. The lowest BCUT2D eigenvalue weighted by molar-refractivity contribution is -0.135. The predicted molar refractivity (Wildman–Crippen MR) is 95.5 cm³/mol. The first kappa shape index (κ1) is 18.2. The van der Waals surface area contributed by atoms with Crippen LogP contribution >= 0.6 is 23.4 Å². The minimum Gasteiger partial charge on any atom is -0.467 e. The van der Waals surface area contributed by atoms with Crippen molar-refractivity contribution >= 4 is 46.1 Å². The van der Waals surface area contributed by atoms with Crippen LogP contribution in [0.15, 0.2) is 57.0 Å². The van der Waals surface area contributed by atoms with Gasteiger partial charge in [0, 0.05) is 6.08 Å². The number of nitrogens with zero attached hydrogens (tertiary/aromatic N) is 2. The van der Waals surface area contributed by atoms with Gasteiger partial charge in [-0.3, -0.25) is 9.69 Å². The number of methoxy groups -OCH3 is 1. The van der Waals surface area contributed by atoms with Crippen molar-refractivity contribution in [3.05, 3.63) is 64.2 Å². The van der Waals surface area contributed by atoms with Crippen molar-refractivity contribution in [2.24, 2.45) is 4.99 Å². The normalized spacial score (nSPS) is 17.3. The molecule has 0 spiro atoms. The van der Waals surface area contributed by atoms with Gasteiger partial charge in [-0.25, -0.2) is 14.2 Å². The van der Waals surface area contributed by atoms with E-state index < -0.39 is 17.7 Å². The minimum absolute atomic E-state index is 0.0796. The summed E-state index contributed by atoms with van der Waals surface area (Å²) < 4.78 is 23.2. The maximum atomic E-state index is 13.3. The summed E-state index contributed by atoms with van der Waals surface area (Å²) in [6.45, 7) is 0.130. The van der Waals surface area contributed by atoms with Crippen LogP contribution in [0.25, 0.3) is 0 Å². The molecule has 1 aliphatic heterocycles. The molecule has 134 valence electrons. The quantitative estimate of drug-likeness (QED) is 0.581. The van der Waals surface area contributed by atoms with Crippen molar-refractivity contribution in [3.63, 3.8) is 0 Å². The molecule has 6 nitrogen and oxygen atoms in total. The second-order valence-electron chi connectivity index (χ2n) is 5.10. The molecule has 0 atom stereocenters. The first-order chi connectivity index (χ1) is 12.5. The monoisotopic (exact) mass is 394 g/mol. The highest BCUT2D eigenvalue weighted by Crippen LogP contribution is 2.34. The summed E-state index contributed by atoms with van der Waals surface area (Å²) in [6.07, 6.45) is 2.59. The first-order valence-corrected chi connectivity index (χ1v) is 8.53. The fraction of sp³-hybridized carbons (Fsp3) is 0.118. The average Bonchev–Trinajstić information content (AvgIpc) is 3.22. The van der Waals surface area contributed by atoms with E-state index in [9.17, 15) is 14.0 Å². The molecule has 0 bridgehead atoms. The van der Waals surface area contributed by atoms with Gasteiger partial charge in [0.25, 0.3) is 5.91 Å². The SMILES string of the molecule is COC(=O)/C=C1/SC(=Nc2ccc(F)c(Cl)c2)N(Cc2ccco2)C1=O. The van der Waals surface area contributed by atoms with Gasteiger partial charge < -0.3 is 9.15 Å². The van der Waals surface area contributed by atoms with Gasteiger partial charge in [0.15, 0.2) is 5.17 Å². The number of carbonyl (C=O) groups is 2. The van der Waals surface area contributed by atoms with Gasteiger partial charge in [0.05, 0.1) is 35.5 Å². The molecule has 2 heterocycles. The van der Waals surface area contributed by atoms with E-state index in [1.807, 2.05) is 0 Å². The van der Waals surface area contributed by atoms with Gasteiger partial charge in [0.1, 0.15) is 11.6 Å². The molecule has 1 aromatic carbocycles. The van der Waals surface area contributed by atoms with Crippen molar-refractivity contribution in [1.29, 1.82) is 0 Å². The van der Waals surface area contributed by atoms with Crippen LogP contribution in [-0.2, 0) is 20.9 Å². The third-order valence-corrected chi connectivity index (χ3v) is 4.66. The Kier molecular flexibility index (Phi) is 5.43. The maximum absolute atomic E-state index is 13.3. The van der Waals surface area contributed by atoms with Crippen molar-refractivity contribution in [2.75, 3.05) is 7.11 Å². The molecule has 9 heteroatoms. The van der Waals surface area contributed by atoms with Gasteiger partial charge in [-0.2, -0.15) is 0 Å². The first-order valence-electron chi connectivity index (χ1n) is 7.33. The number of hydrogen-bond acceptors (Lipinski definition) is 6. The summed E-state index contributed by atoms with van der Waals surface area (Å²) in [5.74, 6) is -1.08. The number of amides is 1. The number of amidine groups is 1. The summed E-state index contributed by atoms with van der Waals surface area (Å²) in [6, 6.07) is 7.39. The Morgan fingerprint density at radius 2 is 2.27 bits per heavy atom. The van der Waals surface area contributed by atoms with Gasteiger partial charge in [0.2, 0.25) is 0 Å². The third-order valence-electron chi connectivity index (χ3n) is 3.36. The smallest absolute Gasteiger partial charge is 0.331 e. The number of benzene rings is 1. The third kappa shape index (κ3) is 3.97. The summed E-state index contributed by atoms with van der Waals surface area (Å²) in [5.41, 5.74) is 0.371. The van der Waals surface area contributed by atoms with Crippen molar-refractivity contribution < 1.29 is 23.1 Å². The number of aliphatic imine (C=N–C) groups is 1. The van der Waals surface area contributed by atoms with Crippen LogP contribution in [-0.4, -0.2) is 29.1 Å². The molecule has 3 rings (SSSR count). The Balaban J connectivity index is 1.97. The highest BCUT2D eigenvalue weighted by atomic mass is 35.5. The van der Waals surface area contributed by atoms with Crippen molar-refractivity contribution in [1.82, 2.24) is 4.90 Å². The Bertz CT molecular complexity index is 911. The summed E-state index contributed by atoms with van der Waals surface area (Å²) in [5, 5.41) is 0.230. The van der Waals surface area contributed by atoms with Gasteiger partial charge in [-0.1, -0.05) is 11.6 Å². The molecule has 0 saturated carbocycles. The van der Waals surface area contributed by atoms with E-state index in [2.05, 4.69) is 9.73 Å². The number of thioether (sulfide) groups is 1. The highest BCUT2D eigenvalue weighted by molar-refractivity contribution is 8.18. The zero-order valence-electron chi connectivity index (χ0n) is 13.4. The Hall–Kier alpha value is -2.58. The molecular weight excluding hydrogens is 383 g/mol. The van der Waals surface area contributed by atoms with E-state index in [1.165, 1.54) is 36.5 Å². The summed E-state index contributed by atoms with van der Waals surface area (Å²) in [4.78, 5) is 30.0. The predicted octanol–water partition coefficient (Wildman–Crippen LogP) is 3.89. The Morgan fingerprint density at radius 3 is 2.92 bits per heavy atom. The molecule has 1 aromatic heterocycles. The van der Waals surface area contributed by atoms with Gasteiger partial charge in [-0.05, 0) is 42.1 Å². The fourth-order valence-electron chi connectivity index (χ4n) is 2.12. The maximum Gasteiger partial charge on any atom is 0.331 e.